The van der Waals surface area contributed by atoms with Gasteiger partial charge in [0.25, 0.3) is 0 Å². The highest BCUT2D eigenvalue weighted by molar-refractivity contribution is 6.35. The van der Waals surface area contributed by atoms with Gasteiger partial charge in [0.05, 0.1) is 10.0 Å². The summed E-state index contributed by atoms with van der Waals surface area (Å²) in [5.41, 5.74) is 6.40. The molecule has 2 aromatic heterocycles. The van der Waals surface area contributed by atoms with E-state index in [-0.39, 0.29) is 6.04 Å². The predicted molar refractivity (Wildman–Crippen MR) is 74.1 cm³/mol. The molecule has 7 heteroatoms. The van der Waals surface area contributed by atoms with Gasteiger partial charge in [0, 0.05) is 18.7 Å². The summed E-state index contributed by atoms with van der Waals surface area (Å²) in [4.78, 5) is 8.34. The minimum absolute atomic E-state index is 0.0260. The molecular formula is C12H14Cl2N4O. The van der Waals surface area contributed by atoms with Gasteiger partial charge in [-0.25, -0.2) is 4.98 Å². The topological polar surface area (TPSA) is 77.8 Å². The highest BCUT2D eigenvalue weighted by Gasteiger charge is 2.17. The molecule has 1 unspecified atom stereocenters. The lowest BCUT2D eigenvalue weighted by Gasteiger charge is -2.11. The molecule has 102 valence electrons. The number of halogens is 2. The fourth-order valence-electron chi connectivity index (χ4n) is 1.45. The van der Waals surface area contributed by atoms with E-state index in [1.54, 1.807) is 6.07 Å². The molecule has 2 aromatic rings. The van der Waals surface area contributed by atoms with E-state index in [1.165, 1.54) is 6.20 Å². The average Bonchev–Trinajstić information content (AvgIpc) is 2.77. The maximum Gasteiger partial charge on any atom is 0.228 e. The van der Waals surface area contributed by atoms with Crippen LogP contribution in [0.4, 0.5) is 0 Å². The maximum absolute atomic E-state index is 6.04. The molecule has 0 aromatic carbocycles. The quantitative estimate of drug-likeness (QED) is 0.939. The number of nitrogens with zero attached hydrogens (tertiary/aromatic N) is 3. The van der Waals surface area contributed by atoms with Gasteiger partial charge in [-0.1, -0.05) is 42.2 Å². The first kappa shape index (κ1) is 14.2. The zero-order valence-electron chi connectivity index (χ0n) is 10.6. The molecule has 0 aliphatic carbocycles. The first-order valence-corrected chi connectivity index (χ1v) is 6.62. The molecule has 0 saturated carbocycles. The van der Waals surface area contributed by atoms with E-state index in [0.717, 1.165) is 0 Å². The van der Waals surface area contributed by atoms with Crippen LogP contribution in [-0.4, -0.2) is 21.2 Å². The average molecular weight is 301 g/mol. The minimum atomic E-state index is -0.0260. The van der Waals surface area contributed by atoms with Gasteiger partial charge in [0.1, 0.15) is 5.69 Å². The first-order chi connectivity index (χ1) is 8.97. The highest BCUT2D eigenvalue weighted by Crippen LogP contribution is 2.25. The van der Waals surface area contributed by atoms with Crippen molar-refractivity contribution in [1.82, 2.24) is 15.1 Å². The number of aromatic nitrogens is 3. The summed E-state index contributed by atoms with van der Waals surface area (Å²) in [5.74, 6) is 1.16. The third kappa shape index (κ3) is 3.43. The standard InChI is InChI=1S/C12H14Cl2N4O/c1-6(2)9(15)4-10-17-12(18-19-10)11-8(14)3-7(13)5-16-11/h3,5-6,9H,4,15H2,1-2H3. The van der Waals surface area contributed by atoms with Crippen LogP contribution in [-0.2, 0) is 6.42 Å². The van der Waals surface area contributed by atoms with Crippen molar-refractivity contribution in [3.05, 3.63) is 28.2 Å². The summed E-state index contributed by atoms with van der Waals surface area (Å²) in [6.07, 6.45) is 2.01. The molecule has 2 N–H and O–H groups in total. The Labute approximate surface area is 121 Å². The van der Waals surface area contributed by atoms with Crippen molar-refractivity contribution in [2.75, 3.05) is 0 Å². The van der Waals surface area contributed by atoms with Crippen molar-refractivity contribution in [2.45, 2.75) is 26.3 Å². The normalized spacial score (nSPS) is 12.9. The number of hydrogen-bond acceptors (Lipinski definition) is 5. The molecule has 0 radical (unpaired) electrons. The van der Waals surface area contributed by atoms with Crippen molar-refractivity contribution < 1.29 is 4.52 Å². The number of nitrogens with two attached hydrogens (primary N) is 1. The smallest absolute Gasteiger partial charge is 0.228 e. The Balaban J connectivity index is 2.21. The van der Waals surface area contributed by atoms with Gasteiger partial charge in [-0.05, 0) is 12.0 Å². The second-order valence-corrected chi connectivity index (χ2v) is 5.45. The van der Waals surface area contributed by atoms with E-state index in [4.69, 9.17) is 33.5 Å². The molecular weight excluding hydrogens is 287 g/mol. The van der Waals surface area contributed by atoms with Crippen molar-refractivity contribution >= 4 is 23.2 Å². The van der Waals surface area contributed by atoms with Gasteiger partial charge in [-0.3, -0.25) is 0 Å². The number of rotatable bonds is 4. The Morgan fingerprint density at radius 1 is 1.37 bits per heavy atom. The van der Waals surface area contributed by atoms with Crippen LogP contribution in [0.15, 0.2) is 16.8 Å². The predicted octanol–water partition coefficient (Wildman–Crippen LogP) is 2.96. The molecule has 0 aliphatic rings. The third-order valence-electron chi connectivity index (χ3n) is 2.75. The summed E-state index contributed by atoms with van der Waals surface area (Å²) in [5, 5.41) is 4.70. The largest absolute Gasteiger partial charge is 0.339 e. The van der Waals surface area contributed by atoms with Gasteiger partial charge >= 0.3 is 0 Å². The van der Waals surface area contributed by atoms with E-state index in [2.05, 4.69) is 15.1 Å². The van der Waals surface area contributed by atoms with Crippen molar-refractivity contribution in [3.8, 4) is 11.5 Å². The lowest BCUT2D eigenvalue weighted by Crippen LogP contribution is -2.28. The van der Waals surface area contributed by atoms with Crippen molar-refractivity contribution in [3.63, 3.8) is 0 Å². The Morgan fingerprint density at radius 2 is 2.11 bits per heavy atom. The van der Waals surface area contributed by atoms with E-state index in [0.29, 0.717) is 39.8 Å². The molecule has 0 spiro atoms. The summed E-state index contributed by atoms with van der Waals surface area (Å²) < 4.78 is 5.15. The van der Waals surface area contributed by atoms with Crippen LogP contribution in [0.5, 0.6) is 0 Å². The second kappa shape index (κ2) is 5.86. The molecule has 0 saturated heterocycles. The Morgan fingerprint density at radius 3 is 2.74 bits per heavy atom. The molecule has 5 nitrogen and oxygen atoms in total. The SMILES string of the molecule is CC(C)C(N)Cc1nc(-c2ncc(Cl)cc2Cl)no1. The van der Waals surface area contributed by atoms with E-state index < -0.39 is 0 Å². The summed E-state index contributed by atoms with van der Waals surface area (Å²) in [7, 11) is 0. The first-order valence-electron chi connectivity index (χ1n) is 5.87. The molecule has 1 atom stereocenters. The van der Waals surface area contributed by atoms with Crippen LogP contribution in [0, 0.1) is 5.92 Å². The molecule has 2 rings (SSSR count). The molecule has 0 bridgehead atoms. The fourth-order valence-corrected chi connectivity index (χ4v) is 1.92. The van der Waals surface area contributed by atoms with Gasteiger partial charge in [0.15, 0.2) is 0 Å². The van der Waals surface area contributed by atoms with Gasteiger partial charge in [0.2, 0.25) is 11.7 Å². The summed E-state index contributed by atoms with van der Waals surface area (Å²) in [6.45, 7) is 4.08. The minimum Gasteiger partial charge on any atom is -0.339 e. The zero-order valence-corrected chi connectivity index (χ0v) is 12.1. The lowest BCUT2D eigenvalue weighted by molar-refractivity contribution is 0.353. The van der Waals surface area contributed by atoms with Gasteiger partial charge in [-0.15, -0.1) is 0 Å². The van der Waals surface area contributed by atoms with Crippen LogP contribution >= 0.6 is 23.2 Å². The lowest BCUT2D eigenvalue weighted by atomic mass is 10.0. The van der Waals surface area contributed by atoms with Gasteiger partial charge in [-0.2, -0.15) is 4.98 Å². The molecule has 19 heavy (non-hydrogen) atoms. The van der Waals surface area contributed by atoms with Crippen LogP contribution in [0.3, 0.4) is 0 Å². The van der Waals surface area contributed by atoms with Crippen LogP contribution in [0.25, 0.3) is 11.5 Å². The number of hydrogen-bond donors (Lipinski definition) is 1. The maximum atomic E-state index is 6.04. The van der Waals surface area contributed by atoms with Crippen LogP contribution in [0.2, 0.25) is 10.0 Å². The Kier molecular flexibility index (Phi) is 4.39. The molecule has 0 fully saturated rings. The fraction of sp³-hybridized carbons (Fsp3) is 0.417. The summed E-state index contributed by atoms with van der Waals surface area (Å²) >= 11 is 11.8. The van der Waals surface area contributed by atoms with E-state index in [9.17, 15) is 0 Å². The van der Waals surface area contributed by atoms with Crippen molar-refractivity contribution in [1.29, 1.82) is 0 Å². The zero-order chi connectivity index (χ0) is 14.0. The Hall–Kier alpha value is -1.17. The Bertz CT molecular complexity index is 571. The van der Waals surface area contributed by atoms with Gasteiger partial charge < -0.3 is 10.3 Å². The highest BCUT2D eigenvalue weighted by atomic mass is 35.5. The van der Waals surface area contributed by atoms with E-state index in [1.807, 2.05) is 13.8 Å². The second-order valence-electron chi connectivity index (χ2n) is 4.61. The molecule has 0 amide bonds. The monoisotopic (exact) mass is 300 g/mol. The number of pyridine rings is 1. The molecule has 0 aliphatic heterocycles. The van der Waals surface area contributed by atoms with E-state index >= 15 is 0 Å². The van der Waals surface area contributed by atoms with Crippen LogP contribution in [0.1, 0.15) is 19.7 Å². The molecule has 2 heterocycles. The summed E-state index contributed by atoms with van der Waals surface area (Å²) in [6, 6.07) is 1.56. The third-order valence-corrected chi connectivity index (χ3v) is 3.25. The van der Waals surface area contributed by atoms with Crippen molar-refractivity contribution in [2.24, 2.45) is 11.7 Å². The van der Waals surface area contributed by atoms with Crippen LogP contribution < -0.4 is 5.73 Å².